The van der Waals surface area contributed by atoms with Gasteiger partial charge in [0.25, 0.3) is 0 Å². The minimum absolute atomic E-state index is 0.494. The van der Waals surface area contributed by atoms with Gasteiger partial charge in [0.05, 0.1) is 0 Å². The Bertz CT molecular complexity index is 518. The van der Waals surface area contributed by atoms with E-state index in [2.05, 4.69) is 11.9 Å². The molecule has 2 unspecified atom stereocenters. The highest BCUT2D eigenvalue weighted by molar-refractivity contribution is 5.76. The topological polar surface area (TPSA) is 52.0 Å². The molecule has 1 aromatic carbocycles. The van der Waals surface area contributed by atoms with Gasteiger partial charge in [-0.2, -0.15) is 0 Å². The Balaban J connectivity index is 2.04. The number of hydrogen-bond donors (Lipinski definition) is 1. The van der Waals surface area contributed by atoms with Gasteiger partial charge in [0.15, 0.2) is 11.5 Å². The second-order valence-electron chi connectivity index (χ2n) is 4.79. The average molecular weight is 216 g/mol. The Hall–Kier alpha value is -1.51. The van der Waals surface area contributed by atoms with Crippen molar-refractivity contribution in [3.05, 3.63) is 24.1 Å². The molecule has 1 fully saturated rings. The summed E-state index contributed by atoms with van der Waals surface area (Å²) in [6.45, 7) is 2.28. The number of nitrogen functional groups attached to an aromatic ring is 1. The van der Waals surface area contributed by atoms with Crippen molar-refractivity contribution in [3.63, 3.8) is 0 Å². The minimum atomic E-state index is 0.494. The highest BCUT2D eigenvalue weighted by atomic mass is 16.3. The number of aromatic nitrogens is 1. The van der Waals surface area contributed by atoms with Crippen LogP contribution in [-0.4, -0.2) is 4.98 Å². The fourth-order valence-corrected chi connectivity index (χ4v) is 2.63. The van der Waals surface area contributed by atoms with Crippen molar-refractivity contribution in [1.82, 2.24) is 4.98 Å². The van der Waals surface area contributed by atoms with E-state index in [0.29, 0.717) is 11.8 Å². The third-order valence-electron chi connectivity index (χ3n) is 3.61. The van der Waals surface area contributed by atoms with Gasteiger partial charge in [-0.25, -0.2) is 4.98 Å². The van der Waals surface area contributed by atoms with Crippen molar-refractivity contribution in [2.45, 2.75) is 32.1 Å². The second kappa shape index (κ2) is 3.51. The standard InChI is InChI=1S/C13H16N2O/c1-8-3-2-4-10(8)13-15-11-7-9(14)5-6-12(11)16-13/h5-8,10H,2-4,14H2,1H3. The highest BCUT2D eigenvalue weighted by Gasteiger charge is 2.28. The third kappa shape index (κ3) is 1.47. The summed E-state index contributed by atoms with van der Waals surface area (Å²) in [7, 11) is 0. The van der Waals surface area contributed by atoms with E-state index in [1.807, 2.05) is 18.2 Å². The Labute approximate surface area is 94.7 Å². The van der Waals surface area contributed by atoms with Crippen molar-refractivity contribution >= 4 is 16.8 Å². The van der Waals surface area contributed by atoms with Crippen molar-refractivity contribution < 1.29 is 4.42 Å². The van der Waals surface area contributed by atoms with Crippen LogP contribution in [0.1, 0.15) is 38.0 Å². The van der Waals surface area contributed by atoms with Gasteiger partial charge in [0.1, 0.15) is 5.52 Å². The minimum Gasteiger partial charge on any atom is -0.440 e. The van der Waals surface area contributed by atoms with Gasteiger partial charge in [-0.3, -0.25) is 0 Å². The SMILES string of the molecule is CC1CCCC1c1nc2cc(N)ccc2o1. The summed E-state index contributed by atoms with van der Waals surface area (Å²) in [6, 6.07) is 5.64. The number of oxazole rings is 1. The van der Waals surface area contributed by atoms with Crippen LogP contribution in [0, 0.1) is 5.92 Å². The molecular formula is C13H16N2O. The van der Waals surface area contributed by atoms with Crippen molar-refractivity contribution in [2.24, 2.45) is 5.92 Å². The molecule has 3 nitrogen and oxygen atoms in total. The third-order valence-corrected chi connectivity index (χ3v) is 3.61. The van der Waals surface area contributed by atoms with E-state index in [0.717, 1.165) is 22.7 Å². The number of rotatable bonds is 1. The molecule has 16 heavy (non-hydrogen) atoms. The zero-order valence-electron chi connectivity index (χ0n) is 9.44. The highest BCUT2D eigenvalue weighted by Crippen LogP contribution is 2.39. The predicted molar refractivity (Wildman–Crippen MR) is 64.2 cm³/mol. The van der Waals surface area contributed by atoms with Gasteiger partial charge in [-0.15, -0.1) is 0 Å². The smallest absolute Gasteiger partial charge is 0.198 e. The predicted octanol–water partition coefficient (Wildman–Crippen LogP) is 3.31. The summed E-state index contributed by atoms with van der Waals surface area (Å²) < 4.78 is 5.81. The molecule has 2 N–H and O–H groups in total. The lowest BCUT2D eigenvalue weighted by Gasteiger charge is -2.09. The Kier molecular flexibility index (Phi) is 2.13. The van der Waals surface area contributed by atoms with Crippen LogP contribution in [-0.2, 0) is 0 Å². The molecule has 84 valence electrons. The summed E-state index contributed by atoms with van der Waals surface area (Å²) in [5.74, 6) is 2.07. The van der Waals surface area contributed by atoms with Crippen LogP contribution >= 0.6 is 0 Å². The van der Waals surface area contributed by atoms with Crippen LogP contribution in [0.25, 0.3) is 11.1 Å². The van der Waals surface area contributed by atoms with E-state index in [1.54, 1.807) is 0 Å². The van der Waals surface area contributed by atoms with Gasteiger partial charge < -0.3 is 10.2 Å². The van der Waals surface area contributed by atoms with Crippen LogP contribution < -0.4 is 5.73 Å². The first-order valence-electron chi connectivity index (χ1n) is 5.90. The van der Waals surface area contributed by atoms with Gasteiger partial charge in [0, 0.05) is 11.6 Å². The normalized spacial score (nSPS) is 25.3. The maximum atomic E-state index is 5.81. The lowest BCUT2D eigenvalue weighted by molar-refractivity contribution is 0.416. The number of anilines is 1. The lowest BCUT2D eigenvalue weighted by Crippen LogP contribution is -2.01. The van der Waals surface area contributed by atoms with Gasteiger partial charge in [-0.05, 0) is 37.0 Å². The molecule has 0 amide bonds. The van der Waals surface area contributed by atoms with E-state index in [1.165, 1.54) is 19.3 Å². The summed E-state index contributed by atoms with van der Waals surface area (Å²) in [6.07, 6.45) is 3.77. The Morgan fingerprint density at radius 3 is 3.00 bits per heavy atom. The first-order chi connectivity index (χ1) is 7.74. The quantitative estimate of drug-likeness (QED) is 0.744. The summed E-state index contributed by atoms with van der Waals surface area (Å²) in [5.41, 5.74) is 8.21. The fourth-order valence-electron chi connectivity index (χ4n) is 2.63. The fraction of sp³-hybridized carbons (Fsp3) is 0.462. The van der Waals surface area contributed by atoms with Crippen LogP contribution in [0.5, 0.6) is 0 Å². The Morgan fingerprint density at radius 2 is 2.25 bits per heavy atom. The number of hydrogen-bond acceptors (Lipinski definition) is 3. The van der Waals surface area contributed by atoms with Crippen LogP contribution in [0.3, 0.4) is 0 Å². The molecule has 0 radical (unpaired) electrons. The van der Waals surface area contributed by atoms with E-state index in [9.17, 15) is 0 Å². The molecule has 0 spiro atoms. The number of nitrogens with two attached hydrogens (primary N) is 1. The van der Waals surface area contributed by atoms with E-state index in [4.69, 9.17) is 10.2 Å². The van der Waals surface area contributed by atoms with Crippen LogP contribution in [0.15, 0.2) is 22.6 Å². The van der Waals surface area contributed by atoms with Gasteiger partial charge >= 0.3 is 0 Å². The molecule has 1 saturated carbocycles. The first kappa shape index (κ1) is 9.70. The molecule has 1 heterocycles. The van der Waals surface area contributed by atoms with Crippen LogP contribution in [0.4, 0.5) is 5.69 Å². The summed E-state index contributed by atoms with van der Waals surface area (Å²) in [5, 5.41) is 0. The molecule has 1 aliphatic carbocycles. The maximum absolute atomic E-state index is 5.81. The van der Waals surface area contributed by atoms with Crippen molar-refractivity contribution in [1.29, 1.82) is 0 Å². The van der Waals surface area contributed by atoms with E-state index < -0.39 is 0 Å². The second-order valence-corrected chi connectivity index (χ2v) is 4.79. The molecule has 2 atom stereocenters. The lowest BCUT2D eigenvalue weighted by atomic mass is 9.98. The average Bonchev–Trinajstić information content (AvgIpc) is 2.82. The number of fused-ring (bicyclic) bond motifs is 1. The molecule has 1 aliphatic rings. The summed E-state index contributed by atoms with van der Waals surface area (Å²) in [4.78, 5) is 4.56. The largest absolute Gasteiger partial charge is 0.440 e. The first-order valence-corrected chi connectivity index (χ1v) is 5.90. The zero-order chi connectivity index (χ0) is 11.1. The monoisotopic (exact) mass is 216 g/mol. The van der Waals surface area contributed by atoms with Gasteiger partial charge in [-0.1, -0.05) is 13.3 Å². The van der Waals surface area contributed by atoms with Crippen LogP contribution in [0.2, 0.25) is 0 Å². The molecule has 0 bridgehead atoms. The summed E-state index contributed by atoms with van der Waals surface area (Å²) >= 11 is 0. The molecular weight excluding hydrogens is 200 g/mol. The zero-order valence-corrected chi connectivity index (χ0v) is 9.44. The Morgan fingerprint density at radius 1 is 1.38 bits per heavy atom. The molecule has 3 heteroatoms. The van der Waals surface area contributed by atoms with Crippen molar-refractivity contribution in [3.8, 4) is 0 Å². The molecule has 3 rings (SSSR count). The molecule has 1 aromatic heterocycles. The number of nitrogens with zero attached hydrogens (tertiary/aromatic N) is 1. The molecule has 2 aromatic rings. The van der Waals surface area contributed by atoms with Crippen molar-refractivity contribution in [2.75, 3.05) is 5.73 Å². The van der Waals surface area contributed by atoms with E-state index >= 15 is 0 Å². The van der Waals surface area contributed by atoms with E-state index in [-0.39, 0.29) is 0 Å². The molecule has 0 saturated heterocycles. The van der Waals surface area contributed by atoms with Gasteiger partial charge in [0.2, 0.25) is 0 Å². The maximum Gasteiger partial charge on any atom is 0.198 e. The number of benzene rings is 1. The molecule has 0 aliphatic heterocycles.